The Bertz CT molecular complexity index is 1660. The van der Waals surface area contributed by atoms with Crippen LogP contribution in [0.25, 0.3) is 0 Å². The van der Waals surface area contributed by atoms with Crippen molar-refractivity contribution in [1.29, 1.82) is 0 Å². The molecule has 1 N–H and O–H groups in total. The number of piperazine rings is 1. The van der Waals surface area contributed by atoms with Gasteiger partial charge in [0, 0.05) is 60.1 Å². The average molecular weight is 629 g/mol. The van der Waals surface area contributed by atoms with Gasteiger partial charge in [-0.3, -0.25) is 9.59 Å². The number of hydrogen-bond acceptors (Lipinski definition) is 7. The van der Waals surface area contributed by atoms with E-state index >= 15 is 0 Å². The second-order valence-corrected chi connectivity index (χ2v) is 13.3. The number of fused-ring (bicyclic) bond motifs is 1. The number of ketones is 1. The van der Waals surface area contributed by atoms with Crippen LogP contribution in [0.4, 0.5) is 17.1 Å². The molecule has 3 aromatic carbocycles. The van der Waals surface area contributed by atoms with Crippen LogP contribution in [0.1, 0.15) is 43.9 Å². The van der Waals surface area contributed by atoms with Crippen molar-refractivity contribution in [3.05, 3.63) is 88.1 Å². The molecule has 0 aromatic heterocycles. The smallest absolute Gasteiger partial charge is 0.242 e. The van der Waals surface area contributed by atoms with Gasteiger partial charge in [0.05, 0.1) is 38.2 Å². The van der Waals surface area contributed by atoms with Crippen molar-refractivity contribution >= 4 is 40.4 Å². The van der Waals surface area contributed by atoms with Crippen molar-refractivity contribution in [1.82, 2.24) is 4.90 Å². The second kappa shape index (κ2) is 12.3. The second-order valence-electron chi connectivity index (χ2n) is 12.9. The van der Waals surface area contributed by atoms with E-state index in [1.807, 2.05) is 65.6 Å². The summed E-state index contributed by atoms with van der Waals surface area (Å²) in [5.41, 5.74) is 6.13. The SMILES string of the molecule is COc1cccc(C2C3=C(CC(C)(C)CC3=O)Nc3ccccc3N2CC(=O)N2CCN(c3cc(Cl)ccc3C)CC2)c1OC. The third kappa shape index (κ3) is 5.96. The quantitative estimate of drug-likeness (QED) is 0.328. The fourth-order valence-electron chi connectivity index (χ4n) is 7.04. The van der Waals surface area contributed by atoms with Crippen molar-refractivity contribution in [2.24, 2.45) is 5.41 Å². The monoisotopic (exact) mass is 628 g/mol. The molecule has 1 fully saturated rings. The largest absolute Gasteiger partial charge is 0.493 e. The van der Waals surface area contributed by atoms with Crippen LogP contribution >= 0.6 is 11.6 Å². The van der Waals surface area contributed by atoms with Crippen molar-refractivity contribution < 1.29 is 19.1 Å². The lowest BCUT2D eigenvalue weighted by Gasteiger charge is -2.40. The Balaban J connectivity index is 1.39. The molecule has 0 saturated carbocycles. The lowest BCUT2D eigenvalue weighted by atomic mass is 9.73. The van der Waals surface area contributed by atoms with Crippen LogP contribution in [-0.2, 0) is 9.59 Å². The van der Waals surface area contributed by atoms with E-state index in [9.17, 15) is 9.59 Å². The molecule has 1 amide bonds. The van der Waals surface area contributed by atoms with E-state index < -0.39 is 6.04 Å². The molecule has 2 heterocycles. The Morgan fingerprint density at radius 3 is 2.44 bits per heavy atom. The van der Waals surface area contributed by atoms with Gasteiger partial charge in [0.2, 0.25) is 5.91 Å². The first-order valence-electron chi connectivity index (χ1n) is 15.5. The van der Waals surface area contributed by atoms with E-state index in [4.69, 9.17) is 21.1 Å². The molecule has 1 atom stereocenters. The fourth-order valence-corrected chi connectivity index (χ4v) is 7.21. The maximum absolute atomic E-state index is 14.2. The highest BCUT2D eigenvalue weighted by molar-refractivity contribution is 6.30. The summed E-state index contributed by atoms with van der Waals surface area (Å²) >= 11 is 6.31. The summed E-state index contributed by atoms with van der Waals surface area (Å²) in [7, 11) is 3.22. The minimum absolute atomic E-state index is 0.00627. The lowest BCUT2D eigenvalue weighted by molar-refractivity contribution is -0.130. The van der Waals surface area contributed by atoms with Gasteiger partial charge in [0.15, 0.2) is 17.3 Å². The molecular weight excluding hydrogens is 588 g/mol. The van der Waals surface area contributed by atoms with E-state index in [1.54, 1.807) is 14.2 Å². The predicted octanol–water partition coefficient (Wildman–Crippen LogP) is 6.63. The number of allylic oxidation sites excluding steroid dienone is 1. The summed E-state index contributed by atoms with van der Waals surface area (Å²) in [5.74, 6) is 1.20. The van der Waals surface area contributed by atoms with Gasteiger partial charge in [-0.25, -0.2) is 0 Å². The minimum atomic E-state index is -0.566. The van der Waals surface area contributed by atoms with Crippen LogP contribution in [0.15, 0.2) is 71.9 Å². The van der Waals surface area contributed by atoms with E-state index in [2.05, 4.69) is 35.9 Å². The number of aryl methyl sites for hydroxylation is 1. The van der Waals surface area contributed by atoms with Crippen LogP contribution in [0.5, 0.6) is 11.5 Å². The number of anilines is 3. The number of benzene rings is 3. The highest BCUT2D eigenvalue weighted by atomic mass is 35.5. The highest BCUT2D eigenvalue weighted by Gasteiger charge is 2.43. The fraction of sp³-hybridized carbons (Fsp3) is 0.389. The number of ether oxygens (including phenoxy) is 2. The van der Waals surface area contributed by atoms with E-state index in [0.29, 0.717) is 61.1 Å². The maximum atomic E-state index is 14.2. The summed E-state index contributed by atoms with van der Waals surface area (Å²) in [6, 6.07) is 19.1. The van der Waals surface area contributed by atoms with Gasteiger partial charge >= 0.3 is 0 Å². The predicted molar refractivity (Wildman–Crippen MR) is 180 cm³/mol. The summed E-state index contributed by atoms with van der Waals surface area (Å²) in [6.45, 7) is 9.02. The van der Waals surface area contributed by atoms with Crippen LogP contribution in [0, 0.1) is 12.3 Å². The van der Waals surface area contributed by atoms with Gasteiger partial charge in [0.25, 0.3) is 0 Å². The van der Waals surface area contributed by atoms with Gasteiger partial charge < -0.3 is 29.5 Å². The van der Waals surface area contributed by atoms with Gasteiger partial charge in [-0.2, -0.15) is 0 Å². The minimum Gasteiger partial charge on any atom is -0.493 e. The first kappa shape index (κ1) is 30.8. The lowest BCUT2D eigenvalue weighted by Crippen LogP contribution is -2.52. The molecule has 45 heavy (non-hydrogen) atoms. The van der Waals surface area contributed by atoms with Crippen LogP contribution < -0.4 is 24.6 Å². The molecule has 6 rings (SSSR count). The number of para-hydroxylation sites is 3. The van der Waals surface area contributed by atoms with E-state index in [0.717, 1.165) is 33.9 Å². The van der Waals surface area contributed by atoms with Gasteiger partial charge in [0.1, 0.15) is 0 Å². The molecule has 1 aliphatic carbocycles. The zero-order chi connectivity index (χ0) is 31.9. The summed E-state index contributed by atoms with van der Waals surface area (Å²) in [4.78, 5) is 34.7. The molecule has 2 aliphatic heterocycles. The summed E-state index contributed by atoms with van der Waals surface area (Å²) < 4.78 is 11.6. The first-order chi connectivity index (χ1) is 21.6. The van der Waals surface area contributed by atoms with Crippen LogP contribution in [0.2, 0.25) is 5.02 Å². The molecule has 8 nitrogen and oxygen atoms in total. The Hall–Kier alpha value is -4.17. The van der Waals surface area contributed by atoms with E-state index in [-0.39, 0.29) is 23.7 Å². The van der Waals surface area contributed by atoms with Crippen LogP contribution in [0.3, 0.4) is 0 Å². The zero-order valence-corrected chi connectivity index (χ0v) is 27.4. The number of amides is 1. The Morgan fingerprint density at radius 1 is 0.956 bits per heavy atom. The standard InChI is InChI=1S/C36H41ClN4O4/c1-23-13-14-24(37)19-29(23)39-15-17-40(18-16-39)32(43)22-41-28-11-7-6-10-26(28)38-27-20-36(2,3)21-30(42)33(27)34(41)25-9-8-12-31(44-4)35(25)45-5/h6-14,19,34,38H,15-18,20-22H2,1-5H3. The number of carbonyl (C=O) groups excluding carboxylic acids is 2. The first-order valence-corrected chi connectivity index (χ1v) is 15.9. The molecule has 1 saturated heterocycles. The molecule has 0 radical (unpaired) electrons. The van der Waals surface area contributed by atoms with Crippen molar-refractivity contribution in [2.75, 3.05) is 62.1 Å². The normalized spacial score (nSPS) is 19.4. The number of methoxy groups -OCH3 is 2. The number of nitrogens with zero attached hydrogens (tertiary/aromatic N) is 3. The third-order valence-electron chi connectivity index (χ3n) is 9.18. The van der Waals surface area contributed by atoms with Crippen LogP contribution in [-0.4, -0.2) is 63.5 Å². The van der Waals surface area contributed by atoms with Gasteiger partial charge in [-0.1, -0.05) is 55.8 Å². The molecular formula is C36H41ClN4O4. The molecule has 3 aromatic rings. The number of carbonyl (C=O) groups is 2. The topological polar surface area (TPSA) is 74.4 Å². The number of nitrogens with one attached hydrogen (secondary N) is 1. The average Bonchev–Trinajstić information content (AvgIpc) is 3.15. The van der Waals surface area contributed by atoms with Crippen molar-refractivity contribution in [3.8, 4) is 11.5 Å². The Morgan fingerprint density at radius 2 is 1.71 bits per heavy atom. The maximum Gasteiger partial charge on any atom is 0.242 e. The molecule has 9 heteroatoms. The Labute approximate surface area is 270 Å². The summed E-state index contributed by atoms with van der Waals surface area (Å²) in [5, 5.41) is 4.34. The number of Topliss-reactive ketones (excluding diaryl/α,β-unsaturated/α-hetero) is 1. The molecule has 1 unspecified atom stereocenters. The zero-order valence-electron chi connectivity index (χ0n) is 26.7. The molecule has 236 valence electrons. The van der Waals surface area contributed by atoms with Crippen molar-refractivity contribution in [3.63, 3.8) is 0 Å². The van der Waals surface area contributed by atoms with Gasteiger partial charge in [-0.15, -0.1) is 0 Å². The number of halogens is 1. The van der Waals surface area contributed by atoms with Gasteiger partial charge in [-0.05, 0) is 54.7 Å². The van der Waals surface area contributed by atoms with Crippen molar-refractivity contribution in [2.45, 2.75) is 39.7 Å². The summed E-state index contributed by atoms with van der Waals surface area (Å²) in [6.07, 6.45) is 1.12. The molecule has 3 aliphatic rings. The molecule has 0 bridgehead atoms. The van der Waals surface area contributed by atoms with E-state index in [1.165, 1.54) is 0 Å². The third-order valence-corrected chi connectivity index (χ3v) is 9.42. The number of hydrogen-bond donors (Lipinski definition) is 1. The Kier molecular flexibility index (Phi) is 8.44. The number of rotatable bonds is 6. The molecule has 0 spiro atoms. The highest BCUT2D eigenvalue weighted by Crippen LogP contribution is 2.50.